The predicted molar refractivity (Wildman–Crippen MR) is 98.3 cm³/mol. The molecule has 0 saturated heterocycles. The van der Waals surface area contributed by atoms with Gasteiger partial charge in [-0.1, -0.05) is 13.0 Å². The third-order valence-corrected chi connectivity index (χ3v) is 3.77. The minimum Gasteiger partial charge on any atom is -0.352 e. The molecule has 1 aromatic carbocycles. The molecule has 0 radical (unpaired) electrons. The van der Waals surface area contributed by atoms with E-state index in [4.69, 9.17) is 0 Å². The zero-order valence-corrected chi connectivity index (χ0v) is 14.2. The highest BCUT2D eigenvalue weighted by molar-refractivity contribution is 5.66. The molecular formula is C19H20FN5. The largest absolute Gasteiger partial charge is 0.352 e. The van der Waals surface area contributed by atoms with Gasteiger partial charge in [-0.3, -0.25) is 4.98 Å². The van der Waals surface area contributed by atoms with Gasteiger partial charge in [0.25, 0.3) is 0 Å². The zero-order valence-electron chi connectivity index (χ0n) is 14.2. The van der Waals surface area contributed by atoms with Gasteiger partial charge in [-0.25, -0.2) is 9.37 Å². The van der Waals surface area contributed by atoms with Crippen molar-refractivity contribution in [3.63, 3.8) is 0 Å². The minimum absolute atomic E-state index is 0.242. The molecular weight excluding hydrogens is 317 g/mol. The van der Waals surface area contributed by atoms with Crippen LogP contribution >= 0.6 is 0 Å². The Hall–Kier alpha value is -3.02. The summed E-state index contributed by atoms with van der Waals surface area (Å²) in [5.41, 5.74) is 2.26. The Morgan fingerprint density at radius 2 is 2.00 bits per heavy atom. The molecule has 2 heterocycles. The molecule has 5 nitrogen and oxygen atoms in total. The number of rotatable bonds is 6. The lowest BCUT2D eigenvalue weighted by atomic mass is 10.2. The predicted octanol–water partition coefficient (Wildman–Crippen LogP) is 4.63. The van der Waals surface area contributed by atoms with Gasteiger partial charge in [-0.2, -0.15) is 4.98 Å². The van der Waals surface area contributed by atoms with E-state index in [2.05, 4.69) is 39.4 Å². The first kappa shape index (κ1) is 16.8. The van der Waals surface area contributed by atoms with Gasteiger partial charge in [0.1, 0.15) is 11.6 Å². The van der Waals surface area contributed by atoms with Crippen LogP contribution in [-0.2, 0) is 0 Å². The molecule has 0 unspecified atom stereocenters. The van der Waals surface area contributed by atoms with E-state index in [1.54, 1.807) is 24.5 Å². The van der Waals surface area contributed by atoms with E-state index in [1.807, 2.05) is 18.2 Å². The maximum absolute atomic E-state index is 13.4. The number of benzene rings is 1. The number of hydrogen-bond acceptors (Lipinski definition) is 5. The third-order valence-electron chi connectivity index (χ3n) is 3.77. The summed E-state index contributed by atoms with van der Waals surface area (Å²) < 4.78 is 13.4. The van der Waals surface area contributed by atoms with Crippen molar-refractivity contribution in [3.8, 4) is 11.3 Å². The van der Waals surface area contributed by atoms with Crippen LogP contribution in [0.1, 0.15) is 20.3 Å². The van der Waals surface area contributed by atoms with E-state index in [-0.39, 0.29) is 11.9 Å². The Morgan fingerprint density at radius 1 is 1.12 bits per heavy atom. The standard InChI is InChI=1S/C19H20FN5/c1-3-13(2)22-19-24-17(14-6-5-9-21-12-14)11-18(25-19)23-16-8-4-7-15(20)10-16/h4-13H,3H2,1-2H3,(H2,22,23,24,25)/t13-/m0/s1. The van der Waals surface area contributed by atoms with Crippen molar-refractivity contribution < 1.29 is 4.39 Å². The van der Waals surface area contributed by atoms with Crippen LogP contribution in [-0.4, -0.2) is 21.0 Å². The summed E-state index contributed by atoms with van der Waals surface area (Å²) in [6, 6.07) is 12.1. The van der Waals surface area contributed by atoms with Crippen molar-refractivity contribution in [2.75, 3.05) is 10.6 Å². The summed E-state index contributed by atoms with van der Waals surface area (Å²) in [7, 11) is 0. The maximum Gasteiger partial charge on any atom is 0.225 e. The molecule has 2 N–H and O–H groups in total. The van der Waals surface area contributed by atoms with Gasteiger partial charge in [0.05, 0.1) is 5.69 Å². The first-order chi connectivity index (χ1) is 12.1. The Balaban J connectivity index is 1.97. The Bertz CT molecular complexity index is 838. The van der Waals surface area contributed by atoms with Crippen molar-refractivity contribution in [3.05, 3.63) is 60.7 Å². The Kier molecular flexibility index (Phi) is 5.18. The lowest BCUT2D eigenvalue weighted by molar-refractivity contribution is 0.628. The molecule has 25 heavy (non-hydrogen) atoms. The quantitative estimate of drug-likeness (QED) is 0.686. The van der Waals surface area contributed by atoms with Crippen LogP contribution in [0.4, 0.5) is 21.8 Å². The first-order valence-electron chi connectivity index (χ1n) is 8.22. The minimum atomic E-state index is -0.301. The molecule has 0 aliphatic heterocycles. The van der Waals surface area contributed by atoms with Crippen LogP contribution in [0, 0.1) is 5.82 Å². The molecule has 2 aromatic heterocycles. The zero-order chi connectivity index (χ0) is 17.6. The highest BCUT2D eigenvalue weighted by Crippen LogP contribution is 2.23. The SMILES string of the molecule is CC[C@H](C)Nc1nc(Nc2cccc(F)c2)cc(-c2cccnc2)n1. The molecule has 6 heteroatoms. The fourth-order valence-corrected chi connectivity index (χ4v) is 2.27. The van der Waals surface area contributed by atoms with Crippen molar-refractivity contribution in [1.82, 2.24) is 15.0 Å². The monoisotopic (exact) mass is 337 g/mol. The second kappa shape index (κ2) is 7.70. The number of halogens is 1. The summed E-state index contributed by atoms with van der Waals surface area (Å²) in [4.78, 5) is 13.2. The van der Waals surface area contributed by atoms with Crippen LogP contribution in [0.3, 0.4) is 0 Å². The molecule has 3 rings (SSSR count). The number of anilines is 3. The van der Waals surface area contributed by atoms with Gasteiger partial charge in [0.15, 0.2) is 0 Å². The number of pyridine rings is 1. The number of aromatic nitrogens is 3. The molecule has 1 atom stereocenters. The van der Waals surface area contributed by atoms with Crippen LogP contribution in [0.5, 0.6) is 0 Å². The molecule has 0 spiro atoms. The maximum atomic E-state index is 13.4. The van der Waals surface area contributed by atoms with Gasteiger partial charge >= 0.3 is 0 Å². The average molecular weight is 337 g/mol. The van der Waals surface area contributed by atoms with E-state index < -0.39 is 0 Å². The van der Waals surface area contributed by atoms with Crippen molar-refractivity contribution in [2.45, 2.75) is 26.3 Å². The van der Waals surface area contributed by atoms with Crippen LogP contribution in [0.15, 0.2) is 54.9 Å². The fourth-order valence-electron chi connectivity index (χ4n) is 2.27. The number of hydrogen-bond donors (Lipinski definition) is 2. The van der Waals surface area contributed by atoms with Crippen molar-refractivity contribution >= 4 is 17.5 Å². The molecule has 0 bridgehead atoms. The van der Waals surface area contributed by atoms with Crippen LogP contribution in [0.2, 0.25) is 0 Å². The summed E-state index contributed by atoms with van der Waals surface area (Å²) >= 11 is 0. The van der Waals surface area contributed by atoms with Crippen molar-refractivity contribution in [1.29, 1.82) is 0 Å². The topological polar surface area (TPSA) is 62.7 Å². The number of nitrogens with one attached hydrogen (secondary N) is 2. The second-order valence-electron chi connectivity index (χ2n) is 5.79. The summed E-state index contributed by atoms with van der Waals surface area (Å²) in [6.45, 7) is 4.16. The third kappa shape index (κ3) is 4.50. The lowest BCUT2D eigenvalue weighted by Crippen LogP contribution is -2.16. The molecule has 0 amide bonds. The second-order valence-corrected chi connectivity index (χ2v) is 5.79. The van der Waals surface area contributed by atoms with Gasteiger partial charge in [-0.05, 0) is 43.7 Å². The van der Waals surface area contributed by atoms with E-state index in [0.29, 0.717) is 17.5 Å². The summed E-state index contributed by atoms with van der Waals surface area (Å²) in [5.74, 6) is 0.810. The highest BCUT2D eigenvalue weighted by atomic mass is 19.1. The Morgan fingerprint density at radius 3 is 2.72 bits per heavy atom. The van der Waals surface area contributed by atoms with Gasteiger partial charge in [-0.15, -0.1) is 0 Å². The fraction of sp³-hybridized carbons (Fsp3) is 0.211. The lowest BCUT2D eigenvalue weighted by Gasteiger charge is -2.14. The molecule has 0 fully saturated rings. The Labute approximate surface area is 146 Å². The highest BCUT2D eigenvalue weighted by Gasteiger charge is 2.09. The molecule has 0 aliphatic carbocycles. The molecule has 0 aliphatic rings. The van der Waals surface area contributed by atoms with E-state index in [1.165, 1.54) is 12.1 Å². The van der Waals surface area contributed by atoms with Crippen molar-refractivity contribution in [2.24, 2.45) is 0 Å². The van der Waals surface area contributed by atoms with Gasteiger partial charge in [0.2, 0.25) is 5.95 Å². The summed E-state index contributed by atoms with van der Waals surface area (Å²) in [6.07, 6.45) is 4.42. The summed E-state index contributed by atoms with van der Waals surface area (Å²) in [5, 5.41) is 6.42. The van der Waals surface area contributed by atoms with E-state index >= 15 is 0 Å². The molecule has 3 aromatic rings. The van der Waals surface area contributed by atoms with Gasteiger partial charge in [0, 0.05) is 35.8 Å². The molecule has 128 valence electrons. The number of nitrogens with zero attached hydrogens (tertiary/aromatic N) is 3. The first-order valence-corrected chi connectivity index (χ1v) is 8.22. The van der Waals surface area contributed by atoms with E-state index in [9.17, 15) is 4.39 Å². The molecule has 0 saturated carbocycles. The van der Waals surface area contributed by atoms with Gasteiger partial charge < -0.3 is 10.6 Å². The smallest absolute Gasteiger partial charge is 0.225 e. The van der Waals surface area contributed by atoms with Crippen LogP contribution < -0.4 is 10.6 Å². The normalized spacial score (nSPS) is 11.8. The van der Waals surface area contributed by atoms with E-state index in [0.717, 1.165) is 17.7 Å². The van der Waals surface area contributed by atoms with Crippen LogP contribution in [0.25, 0.3) is 11.3 Å². The average Bonchev–Trinajstić information content (AvgIpc) is 2.62.